The smallest absolute Gasteiger partial charge is 0.124 e. The van der Waals surface area contributed by atoms with Crippen molar-refractivity contribution in [3.8, 4) is 17.0 Å². The van der Waals surface area contributed by atoms with Gasteiger partial charge in [-0.2, -0.15) is 0 Å². The molecule has 1 aromatic heterocycles. The van der Waals surface area contributed by atoms with E-state index in [4.69, 9.17) is 16.3 Å². The second-order valence-electron chi connectivity index (χ2n) is 4.77. The van der Waals surface area contributed by atoms with Crippen LogP contribution >= 0.6 is 11.6 Å². The van der Waals surface area contributed by atoms with E-state index in [1.54, 1.807) is 7.11 Å². The van der Waals surface area contributed by atoms with E-state index in [0.717, 1.165) is 39.8 Å². The number of aromatic amines is 1. The van der Waals surface area contributed by atoms with Gasteiger partial charge in [-0.1, -0.05) is 11.6 Å². The van der Waals surface area contributed by atoms with Crippen LogP contribution in [0.5, 0.6) is 5.75 Å². The molecule has 0 atom stereocenters. The number of rotatable bonds is 4. The first-order valence-electron chi connectivity index (χ1n) is 6.61. The molecule has 3 nitrogen and oxygen atoms in total. The molecule has 3 rings (SSSR count). The number of methoxy groups -OCH3 is 1. The average molecular weight is 300 g/mol. The molecule has 106 valence electrons. The number of hydrogen-bond donors (Lipinski definition) is 1. The molecule has 21 heavy (non-hydrogen) atoms. The maximum Gasteiger partial charge on any atom is 0.124 e. The fourth-order valence-electron chi connectivity index (χ4n) is 2.52. The highest BCUT2D eigenvalue weighted by molar-refractivity contribution is 6.31. The minimum Gasteiger partial charge on any atom is -0.497 e. The van der Waals surface area contributed by atoms with Gasteiger partial charge in [0.1, 0.15) is 12.0 Å². The lowest BCUT2D eigenvalue weighted by molar-refractivity contribution is -0.107. The Morgan fingerprint density at radius 2 is 1.95 bits per heavy atom. The van der Waals surface area contributed by atoms with Crippen molar-refractivity contribution in [2.45, 2.75) is 6.42 Å². The van der Waals surface area contributed by atoms with Crippen molar-refractivity contribution in [2.75, 3.05) is 7.11 Å². The summed E-state index contributed by atoms with van der Waals surface area (Å²) in [6.07, 6.45) is 1.26. The highest BCUT2D eigenvalue weighted by Crippen LogP contribution is 2.32. The SMILES string of the molecule is COc1ccc(-c2[nH]c3ccc(Cl)cc3c2CC=O)cc1. The van der Waals surface area contributed by atoms with Gasteiger partial charge in [0.05, 0.1) is 12.8 Å². The summed E-state index contributed by atoms with van der Waals surface area (Å²) < 4.78 is 5.17. The lowest BCUT2D eigenvalue weighted by Gasteiger charge is -2.04. The van der Waals surface area contributed by atoms with Crippen molar-refractivity contribution in [1.82, 2.24) is 4.98 Å². The molecule has 0 amide bonds. The summed E-state index contributed by atoms with van der Waals surface area (Å²) >= 11 is 6.07. The lowest BCUT2D eigenvalue weighted by Crippen LogP contribution is -1.89. The fourth-order valence-corrected chi connectivity index (χ4v) is 2.69. The molecule has 0 aliphatic rings. The Morgan fingerprint density at radius 3 is 2.62 bits per heavy atom. The Morgan fingerprint density at radius 1 is 1.19 bits per heavy atom. The van der Waals surface area contributed by atoms with Crippen molar-refractivity contribution in [3.63, 3.8) is 0 Å². The second kappa shape index (κ2) is 5.62. The predicted molar refractivity (Wildman–Crippen MR) is 85.1 cm³/mol. The monoisotopic (exact) mass is 299 g/mol. The zero-order chi connectivity index (χ0) is 14.8. The van der Waals surface area contributed by atoms with Crippen LogP contribution in [0, 0.1) is 0 Å². The number of carbonyl (C=O) groups excluding carboxylic acids is 1. The van der Waals surface area contributed by atoms with Crippen LogP contribution in [0.15, 0.2) is 42.5 Å². The fraction of sp³-hybridized carbons (Fsp3) is 0.118. The third kappa shape index (κ3) is 2.52. The van der Waals surface area contributed by atoms with E-state index in [2.05, 4.69) is 4.98 Å². The molecule has 0 saturated heterocycles. The topological polar surface area (TPSA) is 42.1 Å². The number of ether oxygens (including phenoxy) is 1. The maximum absolute atomic E-state index is 11.0. The van der Waals surface area contributed by atoms with Gasteiger partial charge in [-0.25, -0.2) is 0 Å². The van der Waals surface area contributed by atoms with Crippen LogP contribution in [-0.2, 0) is 11.2 Å². The van der Waals surface area contributed by atoms with Crippen LogP contribution < -0.4 is 4.74 Å². The van der Waals surface area contributed by atoms with Gasteiger partial charge in [-0.15, -0.1) is 0 Å². The van der Waals surface area contributed by atoms with Crippen molar-refractivity contribution in [2.24, 2.45) is 0 Å². The number of nitrogens with one attached hydrogen (secondary N) is 1. The highest BCUT2D eigenvalue weighted by Gasteiger charge is 2.13. The Balaban J connectivity index is 2.19. The number of aromatic nitrogens is 1. The molecule has 0 radical (unpaired) electrons. The van der Waals surface area contributed by atoms with Gasteiger partial charge in [0.25, 0.3) is 0 Å². The van der Waals surface area contributed by atoms with Gasteiger partial charge in [0, 0.05) is 22.3 Å². The summed E-state index contributed by atoms with van der Waals surface area (Å²) in [6, 6.07) is 13.4. The van der Waals surface area contributed by atoms with E-state index >= 15 is 0 Å². The molecule has 1 heterocycles. The van der Waals surface area contributed by atoms with E-state index in [9.17, 15) is 4.79 Å². The summed E-state index contributed by atoms with van der Waals surface area (Å²) in [6.45, 7) is 0. The molecule has 0 saturated carbocycles. The van der Waals surface area contributed by atoms with Crippen LogP contribution in [-0.4, -0.2) is 18.4 Å². The zero-order valence-electron chi connectivity index (χ0n) is 11.5. The number of hydrogen-bond acceptors (Lipinski definition) is 2. The van der Waals surface area contributed by atoms with Crippen LogP contribution in [0.1, 0.15) is 5.56 Å². The van der Waals surface area contributed by atoms with Crippen molar-refractivity contribution >= 4 is 28.8 Å². The van der Waals surface area contributed by atoms with Crippen molar-refractivity contribution < 1.29 is 9.53 Å². The quantitative estimate of drug-likeness (QED) is 0.732. The summed E-state index contributed by atoms with van der Waals surface area (Å²) in [5.41, 5.74) is 3.90. The molecule has 0 bridgehead atoms. The van der Waals surface area contributed by atoms with Gasteiger partial charge in [0.2, 0.25) is 0 Å². The highest BCUT2D eigenvalue weighted by atomic mass is 35.5. The van der Waals surface area contributed by atoms with Gasteiger partial charge in [-0.05, 0) is 53.6 Å². The van der Waals surface area contributed by atoms with E-state index < -0.39 is 0 Å². The maximum atomic E-state index is 11.0. The van der Waals surface area contributed by atoms with Gasteiger partial charge in [-0.3, -0.25) is 0 Å². The lowest BCUT2D eigenvalue weighted by atomic mass is 10.0. The largest absolute Gasteiger partial charge is 0.497 e. The Labute approximate surface area is 127 Å². The van der Waals surface area contributed by atoms with E-state index in [1.165, 1.54) is 0 Å². The van der Waals surface area contributed by atoms with Gasteiger partial charge < -0.3 is 14.5 Å². The number of carbonyl (C=O) groups is 1. The standard InChI is InChI=1S/C17H14ClNO2/c1-21-13-5-2-11(3-6-13)17-14(8-9-20)15-10-12(18)4-7-16(15)19-17/h2-7,9-10,19H,8H2,1H3. The zero-order valence-corrected chi connectivity index (χ0v) is 12.3. The number of fused-ring (bicyclic) bond motifs is 1. The van der Waals surface area contributed by atoms with Crippen molar-refractivity contribution in [3.05, 3.63) is 53.1 Å². The first-order valence-corrected chi connectivity index (χ1v) is 6.99. The third-order valence-electron chi connectivity index (χ3n) is 3.53. The molecule has 3 aromatic rings. The van der Waals surface area contributed by atoms with E-state index in [-0.39, 0.29) is 0 Å². The number of H-pyrrole nitrogens is 1. The molecule has 0 aliphatic carbocycles. The first-order chi connectivity index (χ1) is 10.2. The molecule has 0 aliphatic heterocycles. The van der Waals surface area contributed by atoms with Crippen LogP contribution in [0.4, 0.5) is 0 Å². The molecule has 4 heteroatoms. The molecule has 0 unspecified atom stereocenters. The summed E-state index contributed by atoms with van der Waals surface area (Å²) in [5, 5.41) is 1.65. The Hall–Kier alpha value is -2.26. The normalized spacial score (nSPS) is 10.8. The minimum atomic E-state index is 0.349. The molecule has 1 N–H and O–H groups in total. The summed E-state index contributed by atoms with van der Waals surface area (Å²) in [4.78, 5) is 14.4. The average Bonchev–Trinajstić information content (AvgIpc) is 2.86. The van der Waals surface area contributed by atoms with E-state index in [1.807, 2.05) is 42.5 Å². The van der Waals surface area contributed by atoms with Crippen LogP contribution in [0.25, 0.3) is 22.2 Å². The molecular weight excluding hydrogens is 286 g/mol. The predicted octanol–water partition coefficient (Wildman–Crippen LogP) is 4.24. The van der Waals surface area contributed by atoms with Crippen molar-refractivity contribution in [1.29, 1.82) is 0 Å². The van der Waals surface area contributed by atoms with Gasteiger partial charge >= 0.3 is 0 Å². The Bertz CT molecular complexity index is 790. The Kier molecular flexibility index (Phi) is 3.67. The molecule has 0 spiro atoms. The number of benzene rings is 2. The van der Waals surface area contributed by atoms with Gasteiger partial charge in [0.15, 0.2) is 0 Å². The summed E-state index contributed by atoms with van der Waals surface area (Å²) in [7, 11) is 1.64. The molecule has 0 fully saturated rings. The number of aldehydes is 1. The number of halogens is 1. The second-order valence-corrected chi connectivity index (χ2v) is 5.20. The van der Waals surface area contributed by atoms with Crippen LogP contribution in [0.3, 0.4) is 0 Å². The van der Waals surface area contributed by atoms with Crippen LogP contribution in [0.2, 0.25) is 5.02 Å². The summed E-state index contributed by atoms with van der Waals surface area (Å²) in [5.74, 6) is 0.801. The third-order valence-corrected chi connectivity index (χ3v) is 3.77. The molecule has 2 aromatic carbocycles. The van der Waals surface area contributed by atoms with E-state index in [0.29, 0.717) is 11.4 Å². The first kappa shape index (κ1) is 13.7. The molecular formula is C17H14ClNO2. The minimum absolute atomic E-state index is 0.349.